The van der Waals surface area contributed by atoms with Crippen molar-refractivity contribution in [2.45, 2.75) is 45.2 Å². The maximum Gasteiger partial charge on any atom is 0.317 e. The van der Waals surface area contributed by atoms with Gasteiger partial charge < -0.3 is 15.3 Å². The monoisotopic (exact) mass is 305 g/mol. The highest BCUT2D eigenvalue weighted by molar-refractivity contribution is 5.74. The summed E-state index contributed by atoms with van der Waals surface area (Å²) in [5.41, 5.74) is 1.04. The minimum absolute atomic E-state index is 0.0783. The van der Waals surface area contributed by atoms with Crippen LogP contribution in [0.15, 0.2) is 24.5 Å². The van der Waals surface area contributed by atoms with Gasteiger partial charge >= 0.3 is 12.0 Å². The van der Waals surface area contributed by atoms with Crippen molar-refractivity contribution in [1.29, 1.82) is 0 Å². The molecule has 1 fully saturated rings. The molecule has 1 saturated carbocycles. The van der Waals surface area contributed by atoms with Crippen molar-refractivity contribution in [3.8, 4) is 0 Å². The van der Waals surface area contributed by atoms with Gasteiger partial charge in [0.15, 0.2) is 0 Å². The van der Waals surface area contributed by atoms with E-state index in [0.717, 1.165) is 18.4 Å². The highest BCUT2D eigenvalue weighted by Crippen LogP contribution is 2.24. The third-order valence-corrected chi connectivity index (χ3v) is 4.20. The van der Waals surface area contributed by atoms with Crippen LogP contribution in [0.5, 0.6) is 0 Å². The van der Waals surface area contributed by atoms with E-state index < -0.39 is 5.97 Å². The van der Waals surface area contributed by atoms with E-state index in [1.165, 1.54) is 0 Å². The minimum atomic E-state index is -0.724. The van der Waals surface area contributed by atoms with Crippen LogP contribution in [0.4, 0.5) is 4.79 Å². The number of pyridine rings is 1. The largest absolute Gasteiger partial charge is 0.481 e. The van der Waals surface area contributed by atoms with Crippen LogP contribution in [0.2, 0.25) is 0 Å². The number of hydrogen-bond acceptors (Lipinski definition) is 3. The van der Waals surface area contributed by atoms with Gasteiger partial charge in [0.1, 0.15) is 0 Å². The molecule has 1 heterocycles. The summed E-state index contributed by atoms with van der Waals surface area (Å²) in [4.78, 5) is 29.0. The summed E-state index contributed by atoms with van der Waals surface area (Å²) in [7, 11) is 0. The highest BCUT2D eigenvalue weighted by atomic mass is 16.4. The van der Waals surface area contributed by atoms with Gasteiger partial charge in [-0.15, -0.1) is 0 Å². The topological polar surface area (TPSA) is 82.5 Å². The van der Waals surface area contributed by atoms with Crippen LogP contribution in [-0.2, 0) is 11.3 Å². The Kier molecular flexibility index (Phi) is 5.75. The third-order valence-electron chi connectivity index (χ3n) is 4.20. The number of carboxylic acids is 1. The van der Waals surface area contributed by atoms with Crippen molar-refractivity contribution in [1.82, 2.24) is 15.2 Å². The van der Waals surface area contributed by atoms with Crippen molar-refractivity contribution in [3.05, 3.63) is 30.1 Å². The van der Waals surface area contributed by atoms with E-state index in [1.54, 1.807) is 17.3 Å². The van der Waals surface area contributed by atoms with Crippen LogP contribution in [0, 0.1) is 5.92 Å². The summed E-state index contributed by atoms with van der Waals surface area (Å²) in [5.74, 6) is -0.982. The van der Waals surface area contributed by atoms with Crippen LogP contribution in [-0.4, -0.2) is 39.6 Å². The van der Waals surface area contributed by atoms with Crippen LogP contribution in [0.3, 0.4) is 0 Å². The maximum absolute atomic E-state index is 12.3. The summed E-state index contributed by atoms with van der Waals surface area (Å²) in [6, 6.07) is 3.79. The Morgan fingerprint density at radius 2 is 1.91 bits per heavy atom. The molecular formula is C16H23N3O3. The van der Waals surface area contributed by atoms with Crippen LogP contribution >= 0.6 is 0 Å². The van der Waals surface area contributed by atoms with E-state index in [4.69, 9.17) is 5.11 Å². The first-order chi connectivity index (χ1) is 10.6. The lowest BCUT2D eigenvalue weighted by Gasteiger charge is -2.29. The molecule has 1 aromatic heterocycles. The molecule has 1 aliphatic rings. The van der Waals surface area contributed by atoms with Crippen LogP contribution < -0.4 is 5.32 Å². The molecule has 2 N–H and O–H groups in total. The molecule has 0 spiro atoms. The second-order valence-electron chi connectivity index (χ2n) is 5.71. The molecule has 6 nitrogen and oxygen atoms in total. The summed E-state index contributed by atoms with van der Waals surface area (Å²) in [5, 5.41) is 12.0. The quantitative estimate of drug-likeness (QED) is 0.874. The first-order valence-electron chi connectivity index (χ1n) is 7.77. The second kappa shape index (κ2) is 7.77. The predicted octanol–water partition coefficient (Wildman–Crippen LogP) is 2.26. The van der Waals surface area contributed by atoms with Gasteiger partial charge in [-0.1, -0.05) is 0 Å². The number of aromatic nitrogens is 1. The molecule has 0 aromatic carbocycles. The van der Waals surface area contributed by atoms with E-state index in [1.807, 2.05) is 19.1 Å². The zero-order valence-corrected chi connectivity index (χ0v) is 12.9. The van der Waals surface area contributed by atoms with Crippen LogP contribution in [0.25, 0.3) is 0 Å². The average molecular weight is 305 g/mol. The fraction of sp³-hybridized carbons (Fsp3) is 0.562. The summed E-state index contributed by atoms with van der Waals surface area (Å²) < 4.78 is 0. The van der Waals surface area contributed by atoms with Crippen molar-refractivity contribution < 1.29 is 14.7 Å². The Bertz CT molecular complexity index is 499. The molecule has 0 radical (unpaired) electrons. The SMILES string of the molecule is CCN(Cc1ccncc1)C(=O)NC1CCC(C(=O)O)CC1. The summed E-state index contributed by atoms with van der Waals surface area (Å²) in [6.07, 6.45) is 6.17. The van der Waals surface area contributed by atoms with E-state index in [9.17, 15) is 9.59 Å². The molecule has 0 bridgehead atoms. The van der Waals surface area contributed by atoms with Gasteiger partial charge in [0.2, 0.25) is 0 Å². The number of nitrogens with zero attached hydrogens (tertiary/aromatic N) is 2. The number of carbonyl (C=O) groups is 2. The smallest absolute Gasteiger partial charge is 0.317 e. The van der Waals surface area contributed by atoms with Gasteiger partial charge in [0.05, 0.1) is 5.92 Å². The predicted molar refractivity (Wildman–Crippen MR) is 82.2 cm³/mol. The van der Waals surface area contributed by atoms with Crippen molar-refractivity contribution in [2.75, 3.05) is 6.54 Å². The number of rotatable bonds is 5. The number of carboxylic acid groups (broad SMARTS) is 1. The molecule has 2 rings (SSSR count). The van der Waals surface area contributed by atoms with E-state index in [2.05, 4.69) is 10.3 Å². The highest BCUT2D eigenvalue weighted by Gasteiger charge is 2.27. The Hall–Kier alpha value is -2.11. The Morgan fingerprint density at radius 3 is 2.45 bits per heavy atom. The van der Waals surface area contributed by atoms with E-state index in [0.29, 0.717) is 25.9 Å². The molecule has 0 aliphatic heterocycles. The lowest BCUT2D eigenvalue weighted by atomic mass is 9.86. The van der Waals surface area contributed by atoms with Crippen molar-refractivity contribution in [3.63, 3.8) is 0 Å². The fourth-order valence-corrected chi connectivity index (χ4v) is 2.79. The van der Waals surface area contributed by atoms with Crippen LogP contribution in [0.1, 0.15) is 38.2 Å². The number of hydrogen-bond donors (Lipinski definition) is 2. The lowest BCUT2D eigenvalue weighted by molar-refractivity contribution is -0.142. The van der Waals surface area contributed by atoms with Gasteiger partial charge in [-0.3, -0.25) is 9.78 Å². The average Bonchev–Trinajstić information content (AvgIpc) is 2.54. The van der Waals surface area contributed by atoms with Crippen molar-refractivity contribution >= 4 is 12.0 Å². The number of amides is 2. The number of carbonyl (C=O) groups excluding carboxylic acids is 1. The number of urea groups is 1. The first-order valence-corrected chi connectivity index (χ1v) is 7.77. The number of nitrogens with one attached hydrogen (secondary N) is 1. The van der Waals surface area contributed by atoms with Gasteiger partial charge in [-0.2, -0.15) is 0 Å². The van der Waals surface area contributed by atoms with E-state index in [-0.39, 0.29) is 18.0 Å². The molecule has 6 heteroatoms. The second-order valence-corrected chi connectivity index (χ2v) is 5.71. The lowest BCUT2D eigenvalue weighted by Crippen LogP contribution is -2.46. The normalized spacial score (nSPS) is 21.1. The molecule has 2 amide bonds. The molecule has 1 aromatic rings. The van der Waals surface area contributed by atoms with E-state index >= 15 is 0 Å². The number of aliphatic carboxylic acids is 1. The Balaban J connectivity index is 1.84. The third kappa shape index (κ3) is 4.44. The Morgan fingerprint density at radius 1 is 1.27 bits per heavy atom. The zero-order valence-electron chi connectivity index (χ0n) is 12.9. The molecule has 1 aliphatic carbocycles. The summed E-state index contributed by atoms with van der Waals surface area (Å²) in [6.45, 7) is 3.12. The molecular weight excluding hydrogens is 282 g/mol. The summed E-state index contributed by atoms with van der Waals surface area (Å²) >= 11 is 0. The molecule has 0 saturated heterocycles. The zero-order chi connectivity index (χ0) is 15.9. The molecule has 0 atom stereocenters. The van der Waals surface area contributed by atoms with Gasteiger partial charge in [-0.25, -0.2) is 4.79 Å². The van der Waals surface area contributed by atoms with Gasteiger partial charge in [-0.05, 0) is 50.3 Å². The molecule has 120 valence electrons. The first kappa shape index (κ1) is 16.3. The van der Waals surface area contributed by atoms with Gasteiger partial charge in [0, 0.05) is 31.5 Å². The maximum atomic E-state index is 12.3. The Labute approximate surface area is 130 Å². The van der Waals surface area contributed by atoms with Gasteiger partial charge in [0.25, 0.3) is 0 Å². The fourth-order valence-electron chi connectivity index (χ4n) is 2.79. The standard InChI is InChI=1S/C16H23N3O3/c1-2-19(11-12-7-9-17-10-8-12)16(22)18-14-5-3-13(4-6-14)15(20)21/h7-10,13-14H,2-6,11H2,1H3,(H,18,22)(H,20,21). The van der Waals surface area contributed by atoms with Crippen molar-refractivity contribution in [2.24, 2.45) is 5.92 Å². The molecule has 22 heavy (non-hydrogen) atoms. The minimum Gasteiger partial charge on any atom is -0.481 e. The molecule has 0 unspecified atom stereocenters.